The molecule has 1 aliphatic rings. The van der Waals surface area contributed by atoms with Gasteiger partial charge in [0, 0.05) is 39.8 Å². The number of amides is 3. The fourth-order valence-electron chi connectivity index (χ4n) is 1.81. The lowest BCUT2D eigenvalue weighted by atomic mass is 10.0. The fraction of sp³-hybridized carbons (Fsp3) is 0.818. The van der Waals surface area contributed by atoms with Gasteiger partial charge in [-0.1, -0.05) is 0 Å². The van der Waals surface area contributed by atoms with Crippen LogP contribution in [0.15, 0.2) is 0 Å². The second-order valence-corrected chi connectivity index (χ2v) is 4.20. The van der Waals surface area contributed by atoms with Gasteiger partial charge in [0.1, 0.15) is 0 Å². The predicted molar refractivity (Wildman–Crippen MR) is 63.4 cm³/mol. The van der Waals surface area contributed by atoms with Crippen LogP contribution in [0.25, 0.3) is 0 Å². The predicted octanol–water partition coefficient (Wildman–Crippen LogP) is -0.0702. The van der Waals surface area contributed by atoms with Crippen molar-refractivity contribution in [1.29, 1.82) is 0 Å². The maximum absolute atomic E-state index is 11.7. The standard InChI is InChI=1S/C11H21N3O3/c1-9(15)14(5-4-12)11(16)13-8-10-2-6-17-7-3-10/h10H,2-8,12H2,1H3,(H,13,16). The monoisotopic (exact) mass is 243 g/mol. The highest BCUT2D eigenvalue weighted by Crippen LogP contribution is 2.13. The van der Waals surface area contributed by atoms with Crippen LogP contribution in [0.1, 0.15) is 19.8 Å². The molecule has 0 unspecified atom stereocenters. The Labute approximate surface area is 101 Å². The number of hydrogen-bond donors (Lipinski definition) is 2. The Hall–Kier alpha value is -1.14. The summed E-state index contributed by atoms with van der Waals surface area (Å²) < 4.78 is 5.24. The van der Waals surface area contributed by atoms with Crippen molar-refractivity contribution in [2.45, 2.75) is 19.8 Å². The summed E-state index contributed by atoms with van der Waals surface area (Å²) in [5.74, 6) is 0.166. The maximum atomic E-state index is 11.7. The zero-order valence-electron chi connectivity index (χ0n) is 10.3. The van der Waals surface area contributed by atoms with Crippen molar-refractivity contribution >= 4 is 11.9 Å². The van der Waals surface area contributed by atoms with E-state index in [1.165, 1.54) is 6.92 Å². The molecule has 3 amide bonds. The lowest BCUT2D eigenvalue weighted by Gasteiger charge is -2.24. The Bertz CT molecular complexity index is 265. The van der Waals surface area contributed by atoms with E-state index in [-0.39, 0.29) is 25.0 Å². The van der Waals surface area contributed by atoms with Crippen LogP contribution in [0.5, 0.6) is 0 Å². The van der Waals surface area contributed by atoms with E-state index in [0.717, 1.165) is 31.0 Å². The zero-order chi connectivity index (χ0) is 12.7. The average Bonchev–Trinajstić information content (AvgIpc) is 2.34. The van der Waals surface area contributed by atoms with Crippen LogP contribution in [0.4, 0.5) is 4.79 Å². The molecule has 0 aromatic heterocycles. The van der Waals surface area contributed by atoms with Crippen LogP contribution in [0.3, 0.4) is 0 Å². The van der Waals surface area contributed by atoms with Crippen molar-refractivity contribution in [1.82, 2.24) is 10.2 Å². The van der Waals surface area contributed by atoms with Crippen LogP contribution >= 0.6 is 0 Å². The third kappa shape index (κ3) is 4.70. The molecular formula is C11H21N3O3. The number of hydrogen-bond acceptors (Lipinski definition) is 4. The second kappa shape index (κ2) is 7.24. The van der Waals surface area contributed by atoms with Gasteiger partial charge in [-0.3, -0.25) is 9.69 Å². The summed E-state index contributed by atoms with van der Waals surface area (Å²) in [6.45, 7) is 4.00. The van der Waals surface area contributed by atoms with Gasteiger partial charge in [-0.15, -0.1) is 0 Å². The minimum atomic E-state index is -0.352. The molecule has 0 aromatic carbocycles. The first-order chi connectivity index (χ1) is 8.15. The number of carbonyl (C=O) groups is 2. The molecule has 0 radical (unpaired) electrons. The largest absolute Gasteiger partial charge is 0.381 e. The second-order valence-electron chi connectivity index (χ2n) is 4.20. The van der Waals surface area contributed by atoms with E-state index in [1.54, 1.807) is 0 Å². The normalized spacial score (nSPS) is 16.6. The Morgan fingerprint density at radius 3 is 2.59 bits per heavy atom. The molecule has 98 valence electrons. The number of nitrogens with two attached hydrogens (primary N) is 1. The number of ether oxygens (including phenoxy) is 1. The molecule has 6 heteroatoms. The van der Waals surface area contributed by atoms with Gasteiger partial charge in [0.2, 0.25) is 5.91 Å². The number of carbonyl (C=O) groups excluding carboxylic acids is 2. The highest BCUT2D eigenvalue weighted by atomic mass is 16.5. The highest BCUT2D eigenvalue weighted by Gasteiger charge is 2.19. The molecule has 0 spiro atoms. The summed E-state index contributed by atoms with van der Waals surface area (Å²) >= 11 is 0. The summed E-state index contributed by atoms with van der Waals surface area (Å²) in [7, 11) is 0. The van der Waals surface area contributed by atoms with Gasteiger partial charge >= 0.3 is 6.03 Å². The quantitative estimate of drug-likeness (QED) is 0.724. The van der Waals surface area contributed by atoms with E-state index >= 15 is 0 Å². The topological polar surface area (TPSA) is 84.7 Å². The van der Waals surface area contributed by atoms with E-state index in [2.05, 4.69) is 5.32 Å². The summed E-state index contributed by atoms with van der Waals surface area (Å²) in [5, 5.41) is 2.77. The smallest absolute Gasteiger partial charge is 0.324 e. The number of nitrogens with zero attached hydrogens (tertiary/aromatic N) is 1. The van der Waals surface area contributed by atoms with E-state index in [1.807, 2.05) is 0 Å². The number of imide groups is 1. The molecule has 0 atom stereocenters. The van der Waals surface area contributed by atoms with Gasteiger partial charge in [-0.25, -0.2) is 4.79 Å². The first kappa shape index (κ1) is 13.9. The third-order valence-electron chi connectivity index (χ3n) is 2.86. The SMILES string of the molecule is CC(=O)N(CCN)C(=O)NCC1CCOCC1. The lowest BCUT2D eigenvalue weighted by Crippen LogP contribution is -2.46. The fourth-order valence-corrected chi connectivity index (χ4v) is 1.81. The van der Waals surface area contributed by atoms with Crippen LogP contribution in [0.2, 0.25) is 0 Å². The maximum Gasteiger partial charge on any atom is 0.324 e. The molecule has 0 saturated carbocycles. The van der Waals surface area contributed by atoms with Crippen molar-refractivity contribution in [3.05, 3.63) is 0 Å². The zero-order valence-corrected chi connectivity index (χ0v) is 10.3. The minimum Gasteiger partial charge on any atom is -0.381 e. The van der Waals surface area contributed by atoms with Crippen molar-refractivity contribution in [2.75, 3.05) is 32.8 Å². The van der Waals surface area contributed by atoms with E-state index < -0.39 is 0 Å². The van der Waals surface area contributed by atoms with Gasteiger partial charge in [-0.05, 0) is 18.8 Å². The van der Waals surface area contributed by atoms with Gasteiger partial charge in [-0.2, -0.15) is 0 Å². The van der Waals surface area contributed by atoms with Crippen molar-refractivity contribution in [2.24, 2.45) is 11.7 Å². The van der Waals surface area contributed by atoms with Gasteiger partial charge in [0.25, 0.3) is 0 Å². The first-order valence-electron chi connectivity index (χ1n) is 5.99. The van der Waals surface area contributed by atoms with Crippen molar-refractivity contribution in [3.8, 4) is 0 Å². The summed E-state index contributed by atoms with van der Waals surface area (Å²) in [6.07, 6.45) is 1.91. The van der Waals surface area contributed by atoms with Crippen LogP contribution in [-0.2, 0) is 9.53 Å². The summed E-state index contributed by atoms with van der Waals surface area (Å²) in [6, 6.07) is -0.352. The molecule has 6 nitrogen and oxygen atoms in total. The molecule has 0 bridgehead atoms. The third-order valence-corrected chi connectivity index (χ3v) is 2.86. The Morgan fingerprint density at radius 1 is 1.41 bits per heavy atom. The van der Waals surface area contributed by atoms with Crippen LogP contribution in [0, 0.1) is 5.92 Å². The van der Waals surface area contributed by atoms with Crippen molar-refractivity contribution < 1.29 is 14.3 Å². The first-order valence-corrected chi connectivity index (χ1v) is 5.99. The molecule has 0 aliphatic carbocycles. The number of urea groups is 1. The van der Waals surface area contributed by atoms with E-state index in [4.69, 9.17) is 10.5 Å². The summed E-state index contributed by atoms with van der Waals surface area (Å²) in [4.78, 5) is 24.1. The molecule has 1 aliphatic heterocycles. The summed E-state index contributed by atoms with van der Waals surface area (Å²) in [5.41, 5.74) is 5.35. The molecule has 0 aromatic rings. The number of rotatable bonds is 4. The Morgan fingerprint density at radius 2 is 2.06 bits per heavy atom. The van der Waals surface area contributed by atoms with Gasteiger partial charge in [0.15, 0.2) is 0 Å². The Kier molecular flexibility index (Phi) is 5.93. The average molecular weight is 243 g/mol. The van der Waals surface area contributed by atoms with Crippen LogP contribution < -0.4 is 11.1 Å². The van der Waals surface area contributed by atoms with E-state index in [0.29, 0.717) is 12.5 Å². The molecule has 1 rings (SSSR count). The Balaban J connectivity index is 2.33. The van der Waals surface area contributed by atoms with Crippen LogP contribution in [-0.4, -0.2) is 49.7 Å². The molecule has 1 fully saturated rings. The molecule has 1 saturated heterocycles. The van der Waals surface area contributed by atoms with Gasteiger partial charge in [0.05, 0.1) is 0 Å². The van der Waals surface area contributed by atoms with Crippen molar-refractivity contribution in [3.63, 3.8) is 0 Å². The minimum absolute atomic E-state index is 0.259. The number of nitrogens with one attached hydrogen (secondary N) is 1. The molecule has 3 N–H and O–H groups in total. The van der Waals surface area contributed by atoms with Gasteiger partial charge < -0.3 is 15.8 Å². The molecular weight excluding hydrogens is 222 g/mol. The molecule has 17 heavy (non-hydrogen) atoms. The molecule has 1 heterocycles. The lowest BCUT2D eigenvalue weighted by molar-refractivity contribution is -0.125. The van der Waals surface area contributed by atoms with E-state index in [9.17, 15) is 9.59 Å². The highest BCUT2D eigenvalue weighted by molar-refractivity contribution is 5.93.